The fourth-order valence-corrected chi connectivity index (χ4v) is 1.81. The van der Waals surface area contributed by atoms with Crippen LogP contribution in [-0.4, -0.2) is 39.3 Å². The normalized spacial score (nSPS) is 10.7. The summed E-state index contributed by atoms with van der Waals surface area (Å²) in [6.07, 6.45) is 0. The summed E-state index contributed by atoms with van der Waals surface area (Å²) in [5.41, 5.74) is 0.912. The van der Waals surface area contributed by atoms with Crippen LogP contribution in [0.4, 0.5) is 22.2 Å². The van der Waals surface area contributed by atoms with Gasteiger partial charge in [0.1, 0.15) is 5.82 Å². The van der Waals surface area contributed by atoms with Gasteiger partial charge in [-0.05, 0) is 31.5 Å². The summed E-state index contributed by atoms with van der Waals surface area (Å²) in [6, 6.07) is 6.38. The lowest BCUT2D eigenvalue weighted by atomic mass is 10.2. The third-order valence-electron chi connectivity index (χ3n) is 2.81. The maximum absolute atomic E-state index is 12.9. The van der Waals surface area contributed by atoms with Crippen molar-refractivity contribution in [1.82, 2.24) is 15.0 Å². The molecule has 0 bridgehead atoms. The molecule has 124 valence electrons. The van der Waals surface area contributed by atoms with Crippen LogP contribution in [0, 0.1) is 5.82 Å². The largest absolute Gasteiger partial charge is 0.395 e. The van der Waals surface area contributed by atoms with Crippen LogP contribution in [0.5, 0.6) is 0 Å². The molecule has 0 amide bonds. The zero-order valence-electron chi connectivity index (χ0n) is 13.2. The molecule has 0 saturated carbocycles. The second-order valence-electron chi connectivity index (χ2n) is 5.24. The molecule has 0 aliphatic carbocycles. The molecule has 1 heterocycles. The molecule has 0 unspecified atom stereocenters. The van der Waals surface area contributed by atoms with E-state index >= 15 is 0 Å². The Kier molecular flexibility index (Phi) is 6.04. The van der Waals surface area contributed by atoms with E-state index in [4.69, 9.17) is 5.11 Å². The van der Waals surface area contributed by atoms with Gasteiger partial charge in [0, 0.05) is 19.1 Å². The SMILES string of the molecule is CC(C)Nc1nc(NCCO)nc(NCc2ccc(F)cc2)n1. The molecule has 2 aromatic rings. The Bertz CT molecular complexity index is 620. The number of anilines is 3. The maximum Gasteiger partial charge on any atom is 0.229 e. The zero-order valence-corrected chi connectivity index (χ0v) is 13.2. The summed E-state index contributed by atoms with van der Waals surface area (Å²) >= 11 is 0. The zero-order chi connectivity index (χ0) is 16.7. The Hall–Kier alpha value is -2.48. The highest BCUT2D eigenvalue weighted by molar-refractivity contribution is 5.42. The minimum absolute atomic E-state index is 0.0169. The van der Waals surface area contributed by atoms with Gasteiger partial charge in [0.25, 0.3) is 0 Å². The minimum Gasteiger partial charge on any atom is -0.395 e. The Morgan fingerprint density at radius 1 is 1.00 bits per heavy atom. The molecule has 0 aliphatic heterocycles. The van der Waals surface area contributed by atoms with Crippen LogP contribution in [0.25, 0.3) is 0 Å². The van der Waals surface area contributed by atoms with Gasteiger partial charge in [-0.3, -0.25) is 0 Å². The molecule has 4 N–H and O–H groups in total. The summed E-state index contributed by atoms with van der Waals surface area (Å²) in [4.78, 5) is 12.8. The molecule has 8 heteroatoms. The summed E-state index contributed by atoms with van der Waals surface area (Å²) < 4.78 is 12.9. The predicted molar refractivity (Wildman–Crippen MR) is 87.9 cm³/mol. The van der Waals surface area contributed by atoms with E-state index in [1.54, 1.807) is 12.1 Å². The molecular formula is C15H21FN6O. The van der Waals surface area contributed by atoms with Crippen LogP contribution >= 0.6 is 0 Å². The number of nitrogens with zero attached hydrogens (tertiary/aromatic N) is 3. The lowest BCUT2D eigenvalue weighted by Crippen LogP contribution is -2.17. The number of aromatic nitrogens is 3. The third kappa shape index (κ3) is 5.67. The number of nitrogens with one attached hydrogen (secondary N) is 3. The molecule has 0 spiro atoms. The van der Waals surface area contributed by atoms with E-state index in [1.165, 1.54) is 12.1 Å². The van der Waals surface area contributed by atoms with Crippen molar-refractivity contribution in [2.75, 3.05) is 29.1 Å². The van der Waals surface area contributed by atoms with Crippen LogP contribution in [0.1, 0.15) is 19.4 Å². The molecule has 23 heavy (non-hydrogen) atoms. The third-order valence-corrected chi connectivity index (χ3v) is 2.81. The Morgan fingerprint density at radius 3 is 2.22 bits per heavy atom. The van der Waals surface area contributed by atoms with Crippen molar-refractivity contribution in [2.24, 2.45) is 0 Å². The van der Waals surface area contributed by atoms with Gasteiger partial charge in [0.2, 0.25) is 17.8 Å². The first-order valence-corrected chi connectivity index (χ1v) is 7.42. The second kappa shape index (κ2) is 8.23. The predicted octanol–water partition coefficient (Wildman–Crippen LogP) is 1.85. The van der Waals surface area contributed by atoms with Crippen molar-refractivity contribution in [3.8, 4) is 0 Å². The van der Waals surface area contributed by atoms with Gasteiger partial charge in [-0.1, -0.05) is 12.1 Å². The van der Waals surface area contributed by atoms with E-state index < -0.39 is 0 Å². The Morgan fingerprint density at radius 2 is 1.61 bits per heavy atom. The number of hydrogen-bond acceptors (Lipinski definition) is 7. The monoisotopic (exact) mass is 320 g/mol. The van der Waals surface area contributed by atoms with Crippen molar-refractivity contribution >= 4 is 17.8 Å². The standard InChI is InChI=1S/C15H21FN6O/c1-10(2)19-15-21-13(17-7-8-23)20-14(22-15)18-9-11-3-5-12(16)6-4-11/h3-6,10,23H,7-9H2,1-2H3,(H3,17,18,19,20,21,22). The highest BCUT2D eigenvalue weighted by atomic mass is 19.1. The fourth-order valence-electron chi connectivity index (χ4n) is 1.81. The molecule has 0 fully saturated rings. The van der Waals surface area contributed by atoms with Crippen molar-refractivity contribution < 1.29 is 9.50 Å². The molecular weight excluding hydrogens is 299 g/mol. The average molecular weight is 320 g/mol. The quantitative estimate of drug-likeness (QED) is 0.589. The van der Waals surface area contributed by atoms with Crippen LogP contribution in [-0.2, 0) is 6.54 Å². The molecule has 0 saturated heterocycles. The lowest BCUT2D eigenvalue weighted by molar-refractivity contribution is 0.311. The van der Waals surface area contributed by atoms with E-state index in [-0.39, 0.29) is 18.5 Å². The summed E-state index contributed by atoms with van der Waals surface area (Å²) in [7, 11) is 0. The molecule has 1 aromatic heterocycles. The van der Waals surface area contributed by atoms with Crippen molar-refractivity contribution in [2.45, 2.75) is 26.4 Å². The van der Waals surface area contributed by atoms with Crippen LogP contribution < -0.4 is 16.0 Å². The lowest BCUT2D eigenvalue weighted by Gasteiger charge is -2.12. The van der Waals surface area contributed by atoms with Gasteiger partial charge in [0.05, 0.1) is 6.61 Å². The summed E-state index contributed by atoms with van der Waals surface area (Å²) in [6.45, 7) is 4.76. The number of rotatable bonds is 8. The molecule has 7 nitrogen and oxygen atoms in total. The molecule has 0 radical (unpaired) electrons. The van der Waals surface area contributed by atoms with Gasteiger partial charge in [-0.2, -0.15) is 15.0 Å². The molecule has 1 aromatic carbocycles. The van der Waals surface area contributed by atoms with E-state index in [2.05, 4.69) is 30.9 Å². The van der Waals surface area contributed by atoms with Crippen LogP contribution in [0.3, 0.4) is 0 Å². The first-order valence-electron chi connectivity index (χ1n) is 7.42. The molecule has 0 aliphatic rings. The van der Waals surface area contributed by atoms with Crippen molar-refractivity contribution in [1.29, 1.82) is 0 Å². The van der Waals surface area contributed by atoms with E-state index in [0.29, 0.717) is 30.9 Å². The maximum atomic E-state index is 12.9. The number of benzene rings is 1. The second-order valence-corrected chi connectivity index (χ2v) is 5.24. The smallest absolute Gasteiger partial charge is 0.229 e. The van der Waals surface area contributed by atoms with E-state index in [1.807, 2.05) is 13.8 Å². The average Bonchev–Trinajstić information content (AvgIpc) is 2.51. The highest BCUT2D eigenvalue weighted by Gasteiger charge is 2.07. The minimum atomic E-state index is -0.271. The van der Waals surface area contributed by atoms with Crippen LogP contribution in [0.2, 0.25) is 0 Å². The van der Waals surface area contributed by atoms with Crippen molar-refractivity contribution in [3.63, 3.8) is 0 Å². The summed E-state index contributed by atoms with van der Waals surface area (Å²) in [5, 5.41) is 18.0. The van der Waals surface area contributed by atoms with E-state index in [9.17, 15) is 4.39 Å². The van der Waals surface area contributed by atoms with Gasteiger partial charge < -0.3 is 21.1 Å². The number of aliphatic hydroxyl groups is 1. The number of hydrogen-bond donors (Lipinski definition) is 4. The van der Waals surface area contributed by atoms with Gasteiger partial charge >= 0.3 is 0 Å². The summed E-state index contributed by atoms with van der Waals surface area (Å²) in [5.74, 6) is 0.941. The topological polar surface area (TPSA) is 95.0 Å². The van der Waals surface area contributed by atoms with Crippen molar-refractivity contribution in [3.05, 3.63) is 35.6 Å². The van der Waals surface area contributed by atoms with Crippen LogP contribution in [0.15, 0.2) is 24.3 Å². The first kappa shape index (κ1) is 16.9. The van der Waals surface area contributed by atoms with Gasteiger partial charge in [-0.15, -0.1) is 0 Å². The van der Waals surface area contributed by atoms with Gasteiger partial charge in [-0.25, -0.2) is 4.39 Å². The number of halogens is 1. The Balaban J connectivity index is 2.10. The molecule has 0 atom stereocenters. The number of aliphatic hydroxyl groups excluding tert-OH is 1. The van der Waals surface area contributed by atoms with E-state index in [0.717, 1.165) is 5.56 Å². The highest BCUT2D eigenvalue weighted by Crippen LogP contribution is 2.12. The Labute approximate surface area is 134 Å². The molecule has 2 rings (SSSR count). The van der Waals surface area contributed by atoms with Gasteiger partial charge in [0.15, 0.2) is 0 Å². The first-order chi connectivity index (χ1) is 11.1. The fraction of sp³-hybridized carbons (Fsp3) is 0.400.